The first kappa shape index (κ1) is 15.3. The minimum atomic E-state index is -0.388. The highest BCUT2D eigenvalue weighted by Crippen LogP contribution is 2.20. The molecule has 1 aromatic rings. The summed E-state index contributed by atoms with van der Waals surface area (Å²) in [6.07, 6.45) is 2.39. The van der Waals surface area contributed by atoms with Crippen LogP contribution >= 0.6 is 0 Å². The molecule has 1 heterocycles. The average molecular weight is 287 g/mol. The SMILES string of the molecule is CCC(N)C(=O)N1CCC(Oc2ccc(C#N)cc2)CC1. The Balaban J connectivity index is 1.84. The van der Waals surface area contributed by atoms with Crippen molar-refractivity contribution in [2.45, 2.75) is 38.3 Å². The monoisotopic (exact) mass is 287 g/mol. The van der Waals surface area contributed by atoms with Crippen LogP contribution in [0.25, 0.3) is 0 Å². The molecule has 1 aliphatic rings. The number of piperidine rings is 1. The van der Waals surface area contributed by atoms with Crippen molar-refractivity contribution < 1.29 is 9.53 Å². The van der Waals surface area contributed by atoms with Crippen molar-refractivity contribution in [1.29, 1.82) is 5.26 Å². The van der Waals surface area contributed by atoms with Crippen LogP contribution < -0.4 is 10.5 Å². The Hall–Kier alpha value is -2.06. The molecule has 1 saturated heterocycles. The molecule has 0 spiro atoms. The summed E-state index contributed by atoms with van der Waals surface area (Å²) >= 11 is 0. The normalized spacial score (nSPS) is 17.1. The van der Waals surface area contributed by atoms with Gasteiger partial charge in [0, 0.05) is 25.9 Å². The van der Waals surface area contributed by atoms with Gasteiger partial charge in [-0.2, -0.15) is 5.26 Å². The van der Waals surface area contributed by atoms with E-state index in [1.165, 1.54) is 0 Å². The number of ether oxygens (including phenoxy) is 1. The van der Waals surface area contributed by atoms with Gasteiger partial charge in [-0.3, -0.25) is 4.79 Å². The number of nitrogens with two attached hydrogens (primary N) is 1. The first-order chi connectivity index (χ1) is 10.1. The molecule has 1 amide bonds. The van der Waals surface area contributed by atoms with Crippen molar-refractivity contribution in [3.05, 3.63) is 29.8 Å². The van der Waals surface area contributed by atoms with E-state index in [-0.39, 0.29) is 18.1 Å². The number of amides is 1. The van der Waals surface area contributed by atoms with Gasteiger partial charge in [-0.15, -0.1) is 0 Å². The fraction of sp³-hybridized carbons (Fsp3) is 0.500. The lowest BCUT2D eigenvalue weighted by atomic mass is 10.1. The average Bonchev–Trinajstić information content (AvgIpc) is 2.55. The summed E-state index contributed by atoms with van der Waals surface area (Å²) in [6, 6.07) is 8.80. The standard InChI is InChI=1S/C16H21N3O2/c1-2-15(18)16(20)19-9-7-14(8-10-19)21-13-5-3-12(11-17)4-6-13/h3-6,14-15H,2,7-10,18H2,1H3. The molecule has 0 aromatic heterocycles. The minimum absolute atomic E-state index is 0.0364. The topological polar surface area (TPSA) is 79.3 Å². The molecule has 0 aliphatic carbocycles. The predicted octanol–water partition coefficient (Wildman–Crippen LogP) is 1.67. The zero-order valence-electron chi connectivity index (χ0n) is 12.3. The summed E-state index contributed by atoms with van der Waals surface area (Å²) in [5, 5.41) is 8.76. The van der Waals surface area contributed by atoms with Gasteiger partial charge >= 0.3 is 0 Å². The number of carbonyl (C=O) groups excluding carboxylic acids is 1. The van der Waals surface area contributed by atoms with Gasteiger partial charge in [0.15, 0.2) is 0 Å². The molecule has 0 radical (unpaired) electrons. The van der Waals surface area contributed by atoms with Gasteiger partial charge in [0.25, 0.3) is 0 Å². The molecule has 2 N–H and O–H groups in total. The van der Waals surface area contributed by atoms with Crippen molar-refractivity contribution in [2.24, 2.45) is 5.73 Å². The predicted molar refractivity (Wildman–Crippen MR) is 79.7 cm³/mol. The van der Waals surface area contributed by atoms with Crippen LogP contribution in [0.15, 0.2) is 24.3 Å². The largest absolute Gasteiger partial charge is 0.490 e. The number of nitriles is 1. The van der Waals surface area contributed by atoms with Crippen LogP contribution in [0, 0.1) is 11.3 Å². The van der Waals surface area contributed by atoms with Crippen molar-refractivity contribution in [3.8, 4) is 11.8 Å². The summed E-state index contributed by atoms with van der Waals surface area (Å²) in [6.45, 7) is 3.30. The Morgan fingerprint density at radius 1 is 1.43 bits per heavy atom. The van der Waals surface area contributed by atoms with E-state index >= 15 is 0 Å². The highest BCUT2D eigenvalue weighted by Gasteiger charge is 2.26. The van der Waals surface area contributed by atoms with Crippen LogP contribution in [0.1, 0.15) is 31.7 Å². The third-order valence-electron chi connectivity index (χ3n) is 3.80. The van der Waals surface area contributed by atoms with E-state index in [1.54, 1.807) is 12.1 Å². The Morgan fingerprint density at radius 3 is 2.57 bits per heavy atom. The third kappa shape index (κ3) is 3.96. The zero-order chi connectivity index (χ0) is 15.2. The molecule has 2 rings (SSSR count). The van der Waals surface area contributed by atoms with Gasteiger partial charge in [-0.05, 0) is 30.7 Å². The van der Waals surface area contributed by atoms with Crippen LogP contribution in [0.4, 0.5) is 0 Å². The quantitative estimate of drug-likeness (QED) is 0.913. The van der Waals surface area contributed by atoms with Gasteiger partial charge in [0.05, 0.1) is 17.7 Å². The lowest BCUT2D eigenvalue weighted by Crippen LogP contribution is -2.48. The number of hydrogen-bond donors (Lipinski definition) is 1. The van der Waals surface area contributed by atoms with E-state index in [1.807, 2.05) is 24.0 Å². The summed E-state index contributed by atoms with van der Waals surface area (Å²) in [5.41, 5.74) is 6.41. The van der Waals surface area contributed by atoms with Crippen LogP contribution in [0.5, 0.6) is 5.75 Å². The second-order valence-electron chi connectivity index (χ2n) is 5.29. The van der Waals surface area contributed by atoms with Gasteiger partial charge in [-0.1, -0.05) is 6.92 Å². The van der Waals surface area contributed by atoms with Crippen LogP contribution in [-0.4, -0.2) is 36.0 Å². The van der Waals surface area contributed by atoms with Crippen LogP contribution in [-0.2, 0) is 4.79 Å². The lowest BCUT2D eigenvalue weighted by Gasteiger charge is -2.33. The Kier molecular flexibility index (Phi) is 5.18. The molecule has 0 bridgehead atoms. The molecular weight excluding hydrogens is 266 g/mol. The summed E-state index contributed by atoms with van der Waals surface area (Å²) in [7, 11) is 0. The summed E-state index contributed by atoms with van der Waals surface area (Å²) in [5.74, 6) is 0.804. The first-order valence-electron chi connectivity index (χ1n) is 7.35. The lowest BCUT2D eigenvalue weighted by molar-refractivity contribution is -0.134. The zero-order valence-corrected chi connectivity index (χ0v) is 12.3. The molecule has 1 atom stereocenters. The summed E-state index contributed by atoms with van der Waals surface area (Å²) < 4.78 is 5.89. The van der Waals surface area contributed by atoms with E-state index in [9.17, 15) is 4.79 Å². The fourth-order valence-electron chi connectivity index (χ4n) is 2.40. The second kappa shape index (κ2) is 7.09. The number of benzene rings is 1. The molecular formula is C16H21N3O2. The van der Waals surface area contributed by atoms with Crippen molar-refractivity contribution in [3.63, 3.8) is 0 Å². The number of likely N-dealkylation sites (tertiary alicyclic amines) is 1. The number of carbonyl (C=O) groups is 1. The maximum atomic E-state index is 12.0. The molecule has 5 heteroatoms. The van der Waals surface area contributed by atoms with E-state index in [0.29, 0.717) is 25.1 Å². The molecule has 21 heavy (non-hydrogen) atoms. The number of hydrogen-bond acceptors (Lipinski definition) is 4. The Labute approximate surface area is 125 Å². The summed E-state index contributed by atoms with van der Waals surface area (Å²) in [4.78, 5) is 13.8. The molecule has 112 valence electrons. The van der Waals surface area contributed by atoms with Crippen molar-refractivity contribution in [1.82, 2.24) is 4.90 Å². The third-order valence-corrected chi connectivity index (χ3v) is 3.80. The van der Waals surface area contributed by atoms with Crippen molar-refractivity contribution >= 4 is 5.91 Å². The van der Waals surface area contributed by atoms with Gasteiger partial charge in [0.1, 0.15) is 11.9 Å². The molecule has 1 unspecified atom stereocenters. The van der Waals surface area contributed by atoms with Gasteiger partial charge < -0.3 is 15.4 Å². The number of rotatable bonds is 4. The first-order valence-corrected chi connectivity index (χ1v) is 7.35. The maximum absolute atomic E-state index is 12.0. The molecule has 1 aromatic carbocycles. The highest BCUT2D eigenvalue weighted by molar-refractivity contribution is 5.81. The van der Waals surface area contributed by atoms with Crippen molar-refractivity contribution in [2.75, 3.05) is 13.1 Å². The van der Waals surface area contributed by atoms with E-state index in [2.05, 4.69) is 6.07 Å². The molecule has 1 fully saturated rings. The highest BCUT2D eigenvalue weighted by atomic mass is 16.5. The van der Waals surface area contributed by atoms with Crippen LogP contribution in [0.2, 0.25) is 0 Å². The maximum Gasteiger partial charge on any atom is 0.239 e. The Morgan fingerprint density at radius 2 is 2.05 bits per heavy atom. The fourth-order valence-corrected chi connectivity index (χ4v) is 2.40. The van der Waals surface area contributed by atoms with E-state index < -0.39 is 0 Å². The molecule has 0 saturated carbocycles. The van der Waals surface area contributed by atoms with Crippen LogP contribution in [0.3, 0.4) is 0 Å². The molecule has 1 aliphatic heterocycles. The Bertz CT molecular complexity index is 513. The smallest absolute Gasteiger partial charge is 0.239 e. The minimum Gasteiger partial charge on any atom is -0.490 e. The molecule has 5 nitrogen and oxygen atoms in total. The second-order valence-corrected chi connectivity index (χ2v) is 5.29. The number of nitrogens with zero attached hydrogens (tertiary/aromatic N) is 2. The van der Waals surface area contributed by atoms with Gasteiger partial charge in [-0.25, -0.2) is 0 Å². The van der Waals surface area contributed by atoms with Gasteiger partial charge in [0.2, 0.25) is 5.91 Å². The van der Waals surface area contributed by atoms with E-state index in [0.717, 1.165) is 18.6 Å². The van der Waals surface area contributed by atoms with E-state index in [4.69, 9.17) is 15.7 Å².